The monoisotopic (exact) mass is 405 g/mol. The van der Waals surface area contributed by atoms with E-state index in [1.54, 1.807) is 12.1 Å². The Morgan fingerprint density at radius 1 is 1.04 bits per heavy atom. The number of sulfonamides is 1. The van der Waals surface area contributed by atoms with Crippen LogP contribution < -0.4 is 20.1 Å². The molecule has 0 aliphatic carbocycles. The van der Waals surface area contributed by atoms with Crippen LogP contribution in [-0.4, -0.2) is 33.9 Å². The number of aryl methyl sites for hydroxylation is 1. The van der Waals surface area contributed by atoms with Crippen molar-refractivity contribution in [3.8, 4) is 5.75 Å². The number of nitrogens with one attached hydrogen (secondary N) is 3. The molecule has 2 aromatic carbocycles. The molecule has 9 heteroatoms. The van der Waals surface area contributed by atoms with Crippen molar-refractivity contribution in [1.29, 1.82) is 0 Å². The van der Waals surface area contributed by atoms with Crippen LogP contribution in [0.3, 0.4) is 0 Å². The first-order valence-corrected chi connectivity index (χ1v) is 10.1. The van der Waals surface area contributed by atoms with Crippen LogP contribution in [0.25, 0.3) is 0 Å². The number of anilines is 2. The fourth-order valence-corrected chi connectivity index (χ4v) is 3.54. The number of carbonyl (C=O) groups is 2. The standard InChI is InChI=1S/C19H23N3O5S/c1-4-14-7-5-6-8-16(14)22-19(24)12-20-28(25,26)15-9-10-18(27-3)17(11-15)21-13(2)23/h5-11,20H,4,12H2,1-3H3,(H,21,23)(H,22,24). The van der Waals surface area contributed by atoms with Gasteiger partial charge < -0.3 is 15.4 Å². The van der Waals surface area contributed by atoms with Gasteiger partial charge in [-0.2, -0.15) is 0 Å². The highest BCUT2D eigenvalue weighted by atomic mass is 32.2. The van der Waals surface area contributed by atoms with Gasteiger partial charge in [-0.15, -0.1) is 0 Å². The average Bonchev–Trinajstić information content (AvgIpc) is 2.66. The van der Waals surface area contributed by atoms with Crippen LogP contribution in [0.1, 0.15) is 19.4 Å². The van der Waals surface area contributed by atoms with Crippen molar-refractivity contribution < 1.29 is 22.7 Å². The maximum absolute atomic E-state index is 12.5. The van der Waals surface area contributed by atoms with E-state index in [9.17, 15) is 18.0 Å². The molecule has 2 amide bonds. The van der Waals surface area contributed by atoms with Crippen LogP contribution >= 0.6 is 0 Å². The van der Waals surface area contributed by atoms with Crippen LogP contribution in [0, 0.1) is 0 Å². The number of hydrogen-bond acceptors (Lipinski definition) is 5. The first-order valence-electron chi connectivity index (χ1n) is 8.60. The fourth-order valence-electron chi connectivity index (χ4n) is 2.53. The summed E-state index contributed by atoms with van der Waals surface area (Å²) in [7, 11) is -2.56. The number of amides is 2. The molecule has 8 nitrogen and oxygen atoms in total. The van der Waals surface area contributed by atoms with Gasteiger partial charge in [-0.1, -0.05) is 25.1 Å². The maximum atomic E-state index is 12.5. The van der Waals surface area contributed by atoms with Crippen molar-refractivity contribution in [2.24, 2.45) is 0 Å². The highest BCUT2D eigenvalue weighted by Gasteiger charge is 2.18. The van der Waals surface area contributed by atoms with Gasteiger partial charge in [0.2, 0.25) is 21.8 Å². The summed E-state index contributed by atoms with van der Waals surface area (Å²) in [6.45, 7) is 2.84. The molecule has 0 fully saturated rings. The molecule has 0 unspecified atom stereocenters. The summed E-state index contributed by atoms with van der Waals surface area (Å²) in [5.41, 5.74) is 1.82. The second-order valence-electron chi connectivity index (χ2n) is 5.93. The van der Waals surface area contributed by atoms with E-state index >= 15 is 0 Å². The summed E-state index contributed by atoms with van der Waals surface area (Å²) in [6.07, 6.45) is 0.736. The van der Waals surface area contributed by atoms with Gasteiger partial charge >= 0.3 is 0 Å². The molecule has 3 N–H and O–H groups in total. The zero-order valence-electron chi connectivity index (χ0n) is 15.9. The van der Waals surface area contributed by atoms with E-state index in [1.165, 1.54) is 32.2 Å². The van der Waals surface area contributed by atoms with E-state index in [4.69, 9.17) is 4.74 Å². The Morgan fingerprint density at radius 3 is 2.39 bits per heavy atom. The zero-order chi connectivity index (χ0) is 20.7. The van der Waals surface area contributed by atoms with Crippen molar-refractivity contribution in [1.82, 2.24) is 4.72 Å². The summed E-state index contributed by atoms with van der Waals surface area (Å²) in [5, 5.41) is 5.21. The van der Waals surface area contributed by atoms with E-state index in [0.717, 1.165) is 12.0 Å². The second kappa shape index (κ2) is 9.34. The number of para-hydroxylation sites is 1. The van der Waals surface area contributed by atoms with E-state index in [-0.39, 0.29) is 16.5 Å². The molecule has 0 saturated carbocycles. The van der Waals surface area contributed by atoms with Gasteiger partial charge in [0.15, 0.2) is 0 Å². The summed E-state index contributed by atoms with van der Waals surface area (Å²) in [4.78, 5) is 23.4. The molecule has 2 rings (SSSR count). The van der Waals surface area contributed by atoms with Gasteiger partial charge in [0.1, 0.15) is 5.75 Å². The minimum absolute atomic E-state index is 0.0983. The highest BCUT2D eigenvalue weighted by Crippen LogP contribution is 2.27. The third-order valence-corrected chi connectivity index (χ3v) is 5.29. The number of ether oxygens (including phenoxy) is 1. The third kappa shape index (κ3) is 5.54. The smallest absolute Gasteiger partial charge is 0.241 e. The normalized spacial score (nSPS) is 11.0. The van der Waals surface area contributed by atoms with Crippen molar-refractivity contribution >= 4 is 33.2 Å². The predicted octanol–water partition coefficient (Wildman–Crippen LogP) is 2.13. The van der Waals surface area contributed by atoms with E-state index in [0.29, 0.717) is 11.4 Å². The number of hydrogen-bond donors (Lipinski definition) is 3. The zero-order valence-corrected chi connectivity index (χ0v) is 16.7. The minimum atomic E-state index is -3.96. The molecule has 0 atom stereocenters. The lowest BCUT2D eigenvalue weighted by Crippen LogP contribution is -2.33. The first kappa shape index (κ1) is 21.4. The molecule has 0 spiro atoms. The summed E-state index contributed by atoms with van der Waals surface area (Å²) in [5.74, 6) is -0.530. The molecular weight excluding hydrogens is 382 g/mol. The lowest BCUT2D eigenvalue weighted by atomic mass is 10.1. The van der Waals surface area contributed by atoms with Crippen LogP contribution in [0.15, 0.2) is 47.4 Å². The molecular formula is C19H23N3O5S. The Balaban J connectivity index is 2.11. The fraction of sp³-hybridized carbons (Fsp3) is 0.263. The third-order valence-electron chi connectivity index (χ3n) is 3.89. The quantitative estimate of drug-likeness (QED) is 0.623. The van der Waals surface area contributed by atoms with Crippen molar-refractivity contribution in [2.45, 2.75) is 25.2 Å². The summed E-state index contributed by atoms with van der Waals surface area (Å²) < 4.78 is 32.4. The molecule has 0 aliphatic heterocycles. The van der Waals surface area contributed by atoms with E-state index in [2.05, 4.69) is 15.4 Å². The van der Waals surface area contributed by atoms with Crippen molar-refractivity contribution in [3.05, 3.63) is 48.0 Å². The summed E-state index contributed by atoms with van der Waals surface area (Å²) >= 11 is 0. The molecule has 0 aromatic heterocycles. The van der Waals surface area contributed by atoms with Crippen molar-refractivity contribution in [2.75, 3.05) is 24.3 Å². The Bertz CT molecular complexity index is 973. The number of rotatable bonds is 8. The molecule has 28 heavy (non-hydrogen) atoms. The van der Waals surface area contributed by atoms with Gasteiger partial charge in [-0.25, -0.2) is 13.1 Å². The first-order chi connectivity index (χ1) is 13.3. The summed E-state index contributed by atoms with van der Waals surface area (Å²) in [6, 6.07) is 11.3. The molecule has 0 saturated heterocycles. The average molecular weight is 405 g/mol. The maximum Gasteiger partial charge on any atom is 0.241 e. The van der Waals surface area contributed by atoms with Crippen LogP contribution in [-0.2, 0) is 26.0 Å². The highest BCUT2D eigenvalue weighted by molar-refractivity contribution is 7.89. The van der Waals surface area contributed by atoms with E-state index < -0.39 is 22.5 Å². The molecule has 0 aliphatic rings. The molecule has 150 valence electrons. The van der Waals surface area contributed by atoms with Gasteiger partial charge in [0, 0.05) is 12.6 Å². The molecule has 0 heterocycles. The predicted molar refractivity (Wildman–Crippen MR) is 107 cm³/mol. The van der Waals surface area contributed by atoms with Gasteiger partial charge in [-0.05, 0) is 36.2 Å². The topological polar surface area (TPSA) is 114 Å². The SMILES string of the molecule is CCc1ccccc1NC(=O)CNS(=O)(=O)c1ccc(OC)c(NC(C)=O)c1. The number of benzene rings is 2. The molecule has 0 radical (unpaired) electrons. The van der Waals surface area contributed by atoms with Crippen LogP contribution in [0.2, 0.25) is 0 Å². The largest absolute Gasteiger partial charge is 0.495 e. The molecule has 2 aromatic rings. The lowest BCUT2D eigenvalue weighted by Gasteiger charge is -2.13. The number of methoxy groups -OCH3 is 1. The van der Waals surface area contributed by atoms with Crippen LogP contribution in [0.5, 0.6) is 5.75 Å². The lowest BCUT2D eigenvalue weighted by molar-refractivity contribution is -0.115. The second-order valence-corrected chi connectivity index (χ2v) is 7.69. The Labute approximate surface area is 164 Å². The van der Waals surface area contributed by atoms with Gasteiger partial charge in [0.05, 0.1) is 24.2 Å². The Kier molecular flexibility index (Phi) is 7.13. The number of carbonyl (C=O) groups excluding carboxylic acids is 2. The Morgan fingerprint density at radius 2 is 1.75 bits per heavy atom. The van der Waals surface area contributed by atoms with Gasteiger partial charge in [-0.3, -0.25) is 9.59 Å². The minimum Gasteiger partial charge on any atom is -0.495 e. The molecule has 0 bridgehead atoms. The van der Waals surface area contributed by atoms with Crippen LogP contribution in [0.4, 0.5) is 11.4 Å². The Hall–Kier alpha value is -2.91. The van der Waals surface area contributed by atoms with Crippen molar-refractivity contribution in [3.63, 3.8) is 0 Å². The van der Waals surface area contributed by atoms with E-state index in [1.807, 2.05) is 19.1 Å². The van der Waals surface area contributed by atoms with Gasteiger partial charge in [0.25, 0.3) is 0 Å².